The molecule has 1 heterocycles. The van der Waals surface area contributed by atoms with Crippen LogP contribution < -0.4 is 11.0 Å². The van der Waals surface area contributed by atoms with Gasteiger partial charge in [0.1, 0.15) is 0 Å². The summed E-state index contributed by atoms with van der Waals surface area (Å²) in [5.41, 5.74) is 1.56. The van der Waals surface area contributed by atoms with Crippen molar-refractivity contribution >= 4 is 15.9 Å². The topological polar surface area (TPSA) is 46.9 Å². The van der Waals surface area contributed by atoms with Gasteiger partial charge in [-0.05, 0) is 55.1 Å². The van der Waals surface area contributed by atoms with Crippen molar-refractivity contribution < 1.29 is 0 Å². The maximum absolute atomic E-state index is 11.8. The highest BCUT2D eigenvalue weighted by molar-refractivity contribution is 9.10. The molecule has 0 aromatic carbocycles. The standard InChI is InChI=1S/C12H18BrN3O/c1-8-11(13)9(2)16(12(17)15-8)6-5-14-7-10-3-4-10/h10,14H,3-7H2,1-2H3. The molecule has 0 aliphatic heterocycles. The molecule has 5 heteroatoms. The van der Waals surface area contributed by atoms with Crippen molar-refractivity contribution in [3.63, 3.8) is 0 Å². The molecule has 1 N–H and O–H groups in total. The van der Waals surface area contributed by atoms with Crippen molar-refractivity contribution in [3.8, 4) is 0 Å². The Bertz CT molecular complexity index is 466. The number of halogens is 1. The smallest absolute Gasteiger partial charge is 0.315 e. The van der Waals surface area contributed by atoms with Crippen LogP contribution in [0, 0.1) is 19.8 Å². The highest BCUT2D eigenvalue weighted by Gasteiger charge is 2.20. The summed E-state index contributed by atoms with van der Waals surface area (Å²) in [6.07, 6.45) is 2.70. The van der Waals surface area contributed by atoms with Crippen molar-refractivity contribution in [1.29, 1.82) is 0 Å². The van der Waals surface area contributed by atoms with E-state index < -0.39 is 0 Å². The molecule has 4 nitrogen and oxygen atoms in total. The molecule has 0 unspecified atom stereocenters. The lowest BCUT2D eigenvalue weighted by atomic mass is 10.3. The molecule has 1 aromatic rings. The molecule has 94 valence electrons. The zero-order chi connectivity index (χ0) is 12.4. The maximum atomic E-state index is 11.8. The van der Waals surface area contributed by atoms with Crippen LogP contribution in [0.15, 0.2) is 9.27 Å². The van der Waals surface area contributed by atoms with E-state index >= 15 is 0 Å². The highest BCUT2D eigenvalue weighted by atomic mass is 79.9. The summed E-state index contributed by atoms with van der Waals surface area (Å²) in [5.74, 6) is 0.871. The molecule has 0 radical (unpaired) electrons. The van der Waals surface area contributed by atoms with Gasteiger partial charge >= 0.3 is 5.69 Å². The first kappa shape index (κ1) is 12.8. The molecule has 1 aromatic heterocycles. The molecule has 1 aliphatic carbocycles. The van der Waals surface area contributed by atoms with E-state index in [9.17, 15) is 4.79 Å². The second kappa shape index (κ2) is 5.31. The van der Waals surface area contributed by atoms with Gasteiger partial charge in [-0.1, -0.05) is 0 Å². The van der Waals surface area contributed by atoms with E-state index in [0.29, 0.717) is 6.54 Å². The lowest BCUT2D eigenvalue weighted by Crippen LogP contribution is -2.31. The second-order valence-electron chi connectivity index (χ2n) is 4.68. The van der Waals surface area contributed by atoms with Crippen molar-refractivity contribution in [3.05, 3.63) is 26.3 Å². The Morgan fingerprint density at radius 1 is 1.47 bits per heavy atom. The summed E-state index contributed by atoms with van der Waals surface area (Å²) in [7, 11) is 0. The zero-order valence-electron chi connectivity index (χ0n) is 10.3. The normalized spacial score (nSPS) is 15.2. The Balaban J connectivity index is 1.99. The number of rotatable bonds is 5. The van der Waals surface area contributed by atoms with Crippen molar-refractivity contribution in [2.75, 3.05) is 13.1 Å². The average Bonchev–Trinajstić information content (AvgIpc) is 3.09. The third-order valence-corrected chi connectivity index (χ3v) is 4.32. The first-order valence-electron chi connectivity index (χ1n) is 6.04. The van der Waals surface area contributed by atoms with Crippen LogP contribution in [0.2, 0.25) is 0 Å². The Kier molecular flexibility index (Phi) is 3.99. The van der Waals surface area contributed by atoms with Gasteiger partial charge in [0.05, 0.1) is 10.2 Å². The molecule has 0 amide bonds. The summed E-state index contributed by atoms with van der Waals surface area (Å²) in [4.78, 5) is 15.7. The predicted octanol–water partition coefficient (Wildman–Crippen LogP) is 1.62. The van der Waals surface area contributed by atoms with E-state index in [2.05, 4.69) is 26.2 Å². The second-order valence-corrected chi connectivity index (χ2v) is 5.47. The summed E-state index contributed by atoms with van der Waals surface area (Å²) in [5, 5.41) is 3.38. The number of hydrogen-bond acceptors (Lipinski definition) is 3. The molecular weight excluding hydrogens is 282 g/mol. The third kappa shape index (κ3) is 3.16. The van der Waals surface area contributed by atoms with E-state index in [1.165, 1.54) is 12.8 Å². The predicted molar refractivity (Wildman–Crippen MR) is 71.3 cm³/mol. The Hall–Kier alpha value is -0.680. The van der Waals surface area contributed by atoms with E-state index in [-0.39, 0.29) is 5.69 Å². The monoisotopic (exact) mass is 299 g/mol. The molecule has 1 saturated carbocycles. The van der Waals surface area contributed by atoms with Gasteiger partial charge in [0.2, 0.25) is 0 Å². The fourth-order valence-corrected chi connectivity index (χ4v) is 2.16. The van der Waals surface area contributed by atoms with Gasteiger partial charge in [0, 0.05) is 18.8 Å². The van der Waals surface area contributed by atoms with Crippen LogP contribution in [0.25, 0.3) is 0 Å². The minimum absolute atomic E-state index is 0.156. The van der Waals surface area contributed by atoms with Gasteiger partial charge < -0.3 is 5.32 Å². The highest BCUT2D eigenvalue weighted by Crippen LogP contribution is 2.27. The molecule has 0 saturated heterocycles. The molecule has 0 atom stereocenters. The van der Waals surface area contributed by atoms with Crippen LogP contribution in [0.3, 0.4) is 0 Å². The number of nitrogens with zero attached hydrogens (tertiary/aromatic N) is 2. The van der Waals surface area contributed by atoms with Gasteiger partial charge in [-0.2, -0.15) is 4.98 Å². The Labute approximate surface area is 110 Å². The Morgan fingerprint density at radius 2 is 2.18 bits per heavy atom. The van der Waals surface area contributed by atoms with Crippen LogP contribution in [0.1, 0.15) is 24.2 Å². The van der Waals surface area contributed by atoms with Crippen LogP contribution in [-0.4, -0.2) is 22.6 Å². The van der Waals surface area contributed by atoms with Gasteiger partial charge in [0.15, 0.2) is 0 Å². The number of aryl methyl sites for hydroxylation is 1. The van der Waals surface area contributed by atoms with E-state index in [0.717, 1.165) is 34.9 Å². The molecule has 1 fully saturated rings. The molecule has 0 bridgehead atoms. The van der Waals surface area contributed by atoms with Crippen molar-refractivity contribution in [2.45, 2.75) is 33.2 Å². The molecule has 1 aliphatic rings. The molecular formula is C12H18BrN3O. The SMILES string of the molecule is Cc1nc(=O)n(CCNCC2CC2)c(C)c1Br. The molecule has 2 rings (SSSR count). The van der Waals surface area contributed by atoms with E-state index in [4.69, 9.17) is 0 Å². The van der Waals surface area contributed by atoms with Gasteiger partial charge in [-0.3, -0.25) is 4.57 Å². The lowest BCUT2D eigenvalue weighted by Gasteiger charge is -2.12. The first-order chi connectivity index (χ1) is 8.09. The van der Waals surface area contributed by atoms with Crippen LogP contribution >= 0.6 is 15.9 Å². The summed E-state index contributed by atoms with van der Waals surface area (Å²) < 4.78 is 2.65. The number of nitrogens with one attached hydrogen (secondary N) is 1. The fraction of sp³-hybridized carbons (Fsp3) is 0.667. The summed E-state index contributed by atoms with van der Waals surface area (Å²) in [6, 6.07) is 0. The summed E-state index contributed by atoms with van der Waals surface area (Å²) in [6.45, 7) is 6.38. The largest absolute Gasteiger partial charge is 0.348 e. The average molecular weight is 300 g/mol. The Morgan fingerprint density at radius 3 is 2.82 bits per heavy atom. The summed E-state index contributed by atoms with van der Waals surface area (Å²) >= 11 is 3.46. The minimum Gasteiger partial charge on any atom is -0.315 e. The minimum atomic E-state index is -0.156. The maximum Gasteiger partial charge on any atom is 0.348 e. The molecule has 17 heavy (non-hydrogen) atoms. The van der Waals surface area contributed by atoms with Crippen molar-refractivity contribution in [2.24, 2.45) is 5.92 Å². The van der Waals surface area contributed by atoms with Gasteiger partial charge in [-0.25, -0.2) is 4.79 Å². The quantitative estimate of drug-likeness (QED) is 0.841. The number of hydrogen-bond donors (Lipinski definition) is 1. The van der Waals surface area contributed by atoms with Gasteiger partial charge in [0.25, 0.3) is 0 Å². The van der Waals surface area contributed by atoms with Crippen molar-refractivity contribution in [1.82, 2.24) is 14.9 Å². The van der Waals surface area contributed by atoms with Crippen LogP contribution in [0.4, 0.5) is 0 Å². The first-order valence-corrected chi connectivity index (χ1v) is 6.83. The molecule has 0 spiro atoms. The lowest BCUT2D eigenvalue weighted by molar-refractivity contribution is 0.548. The third-order valence-electron chi connectivity index (χ3n) is 3.18. The van der Waals surface area contributed by atoms with Crippen LogP contribution in [-0.2, 0) is 6.54 Å². The van der Waals surface area contributed by atoms with E-state index in [1.807, 2.05) is 13.8 Å². The zero-order valence-corrected chi connectivity index (χ0v) is 11.9. The fourth-order valence-electron chi connectivity index (χ4n) is 1.86. The van der Waals surface area contributed by atoms with Crippen LogP contribution in [0.5, 0.6) is 0 Å². The number of aromatic nitrogens is 2. The van der Waals surface area contributed by atoms with E-state index in [1.54, 1.807) is 4.57 Å². The van der Waals surface area contributed by atoms with Gasteiger partial charge in [-0.15, -0.1) is 0 Å².